The number of thiophene rings is 1. The Balaban J connectivity index is 1.72. The summed E-state index contributed by atoms with van der Waals surface area (Å²) in [5.41, 5.74) is 1.28. The summed E-state index contributed by atoms with van der Waals surface area (Å²) in [5.74, 6) is -0.781. The lowest BCUT2D eigenvalue weighted by Crippen LogP contribution is -2.07. The van der Waals surface area contributed by atoms with Crippen molar-refractivity contribution in [2.45, 2.75) is 13.8 Å². The number of nitrogens with zero attached hydrogens (tertiary/aromatic N) is 2. The normalized spacial score (nSPS) is 11.1. The lowest BCUT2D eigenvalue weighted by Gasteiger charge is -1.99. The average Bonchev–Trinajstić information content (AvgIpc) is 3.19. The van der Waals surface area contributed by atoms with E-state index in [1.807, 2.05) is 6.92 Å². The van der Waals surface area contributed by atoms with Gasteiger partial charge < -0.3 is 4.74 Å². The quantitative estimate of drug-likeness (QED) is 0.275. The molecule has 28 heavy (non-hydrogen) atoms. The van der Waals surface area contributed by atoms with Crippen molar-refractivity contribution in [1.29, 1.82) is 0 Å². The van der Waals surface area contributed by atoms with Crippen LogP contribution in [0.25, 0.3) is 15.6 Å². The summed E-state index contributed by atoms with van der Waals surface area (Å²) in [6, 6.07) is 5.97. The minimum absolute atomic E-state index is 0.0457. The topological polar surface area (TPSA) is 111 Å². The van der Waals surface area contributed by atoms with Gasteiger partial charge >= 0.3 is 5.97 Å². The van der Waals surface area contributed by atoms with Gasteiger partial charge in [0.1, 0.15) is 9.71 Å². The molecule has 0 unspecified atom stereocenters. The van der Waals surface area contributed by atoms with E-state index in [0.29, 0.717) is 27.0 Å². The van der Waals surface area contributed by atoms with Gasteiger partial charge in [-0.15, -0.1) is 11.3 Å². The van der Waals surface area contributed by atoms with E-state index in [2.05, 4.69) is 10.3 Å². The molecule has 8 nitrogen and oxygen atoms in total. The van der Waals surface area contributed by atoms with Gasteiger partial charge in [0.25, 0.3) is 5.69 Å². The third-order valence-corrected chi connectivity index (χ3v) is 6.06. The number of aryl methyl sites for hydroxylation is 1. The van der Waals surface area contributed by atoms with Gasteiger partial charge in [0.2, 0.25) is 5.91 Å². The number of esters is 1. The number of thiazole rings is 1. The summed E-state index contributed by atoms with van der Waals surface area (Å²) < 4.78 is 5.85. The van der Waals surface area contributed by atoms with Crippen molar-refractivity contribution < 1.29 is 19.2 Å². The molecule has 144 valence electrons. The van der Waals surface area contributed by atoms with E-state index in [9.17, 15) is 19.7 Å². The molecule has 1 aromatic carbocycles. The van der Waals surface area contributed by atoms with Crippen LogP contribution in [0.5, 0.6) is 0 Å². The van der Waals surface area contributed by atoms with Gasteiger partial charge in [-0.3, -0.25) is 20.2 Å². The molecule has 0 fully saturated rings. The number of nitro groups is 1. The Morgan fingerprint density at radius 2 is 2.14 bits per heavy atom. The lowest BCUT2D eigenvalue weighted by atomic mass is 10.2. The molecule has 1 N–H and O–H groups in total. The van der Waals surface area contributed by atoms with Crippen molar-refractivity contribution in [3.63, 3.8) is 0 Å². The second-order valence-electron chi connectivity index (χ2n) is 5.60. The molecular weight excluding hydrogens is 402 g/mol. The fourth-order valence-electron chi connectivity index (χ4n) is 2.39. The number of rotatable bonds is 6. The van der Waals surface area contributed by atoms with Crippen LogP contribution in [0.4, 0.5) is 10.8 Å². The summed E-state index contributed by atoms with van der Waals surface area (Å²) in [4.78, 5) is 39.8. The zero-order valence-corrected chi connectivity index (χ0v) is 16.6. The largest absolute Gasteiger partial charge is 0.462 e. The van der Waals surface area contributed by atoms with Gasteiger partial charge in [0, 0.05) is 18.2 Å². The van der Waals surface area contributed by atoms with Crippen LogP contribution in [0.1, 0.15) is 27.7 Å². The van der Waals surface area contributed by atoms with Crippen LogP contribution in [-0.4, -0.2) is 28.4 Å². The van der Waals surface area contributed by atoms with E-state index in [1.165, 1.54) is 47.0 Å². The molecule has 0 aliphatic carbocycles. The molecule has 0 bridgehead atoms. The highest BCUT2D eigenvalue weighted by atomic mass is 32.1. The predicted octanol–water partition coefficient (Wildman–Crippen LogP) is 4.40. The Bertz CT molecular complexity index is 1100. The van der Waals surface area contributed by atoms with E-state index in [1.54, 1.807) is 19.1 Å². The molecular formula is C18H15N3O5S2. The molecule has 0 saturated heterocycles. The lowest BCUT2D eigenvalue weighted by molar-refractivity contribution is -0.384. The molecule has 0 aliphatic heterocycles. The monoisotopic (exact) mass is 417 g/mol. The number of fused-ring (bicyclic) bond motifs is 1. The number of nitrogens with one attached hydrogen (secondary N) is 1. The molecule has 0 saturated carbocycles. The van der Waals surface area contributed by atoms with Crippen molar-refractivity contribution in [3.8, 4) is 0 Å². The van der Waals surface area contributed by atoms with E-state index in [4.69, 9.17) is 4.74 Å². The van der Waals surface area contributed by atoms with Crippen LogP contribution >= 0.6 is 22.7 Å². The summed E-state index contributed by atoms with van der Waals surface area (Å²) in [6.07, 6.45) is 2.77. The third kappa shape index (κ3) is 4.24. The van der Waals surface area contributed by atoms with Gasteiger partial charge in [-0.05, 0) is 31.1 Å². The Morgan fingerprint density at radius 3 is 2.82 bits per heavy atom. The molecule has 10 heteroatoms. The highest BCUT2D eigenvalue weighted by molar-refractivity contribution is 7.30. The summed E-state index contributed by atoms with van der Waals surface area (Å²) in [5, 5.41) is 13.9. The first-order valence-electron chi connectivity index (χ1n) is 8.19. The van der Waals surface area contributed by atoms with Crippen molar-refractivity contribution in [2.75, 3.05) is 11.9 Å². The number of non-ortho nitro benzene ring substituents is 1. The number of aromatic nitrogens is 1. The Morgan fingerprint density at radius 1 is 1.36 bits per heavy atom. The number of amides is 1. The van der Waals surface area contributed by atoms with Crippen molar-refractivity contribution in [2.24, 2.45) is 0 Å². The van der Waals surface area contributed by atoms with Crippen LogP contribution in [-0.2, 0) is 9.53 Å². The molecule has 2 aromatic heterocycles. The zero-order valence-electron chi connectivity index (χ0n) is 14.9. The number of hydrogen-bond donors (Lipinski definition) is 1. The number of benzene rings is 1. The predicted molar refractivity (Wildman–Crippen MR) is 109 cm³/mol. The van der Waals surface area contributed by atoms with Crippen molar-refractivity contribution in [3.05, 3.63) is 56.5 Å². The zero-order chi connectivity index (χ0) is 20.3. The highest BCUT2D eigenvalue weighted by Gasteiger charge is 2.20. The van der Waals surface area contributed by atoms with Crippen molar-refractivity contribution in [1.82, 2.24) is 4.98 Å². The molecule has 0 radical (unpaired) electrons. The molecule has 3 rings (SSSR count). The average molecular weight is 417 g/mol. The Hall–Kier alpha value is -3.11. The molecule has 0 spiro atoms. The SMILES string of the molecule is CCOC(=O)c1sc2nc(NC(=O)C=Cc3cccc([N+](=O)[O-])c3)sc2c1C. The van der Waals surface area contributed by atoms with E-state index in [0.717, 1.165) is 10.3 Å². The first-order valence-corrected chi connectivity index (χ1v) is 9.83. The first-order chi connectivity index (χ1) is 13.4. The first kappa shape index (κ1) is 19.6. The van der Waals surface area contributed by atoms with Crippen LogP contribution in [0, 0.1) is 17.0 Å². The second kappa shape index (κ2) is 8.28. The Kier molecular flexibility index (Phi) is 5.81. The van der Waals surface area contributed by atoms with Gasteiger partial charge in [-0.25, -0.2) is 9.78 Å². The van der Waals surface area contributed by atoms with Crippen LogP contribution < -0.4 is 5.32 Å². The summed E-state index contributed by atoms with van der Waals surface area (Å²) >= 11 is 2.50. The van der Waals surface area contributed by atoms with Crippen molar-refractivity contribution >= 4 is 61.0 Å². The van der Waals surface area contributed by atoms with Gasteiger partial charge in [0.15, 0.2) is 5.13 Å². The maximum absolute atomic E-state index is 12.1. The number of nitro benzene ring substituents is 1. The van der Waals surface area contributed by atoms with Crippen LogP contribution in [0.15, 0.2) is 30.3 Å². The fourth-order valence-corrected chi connectivity index (χ4v) is 4.61. The number of carbonyl (C=O) groups excluding carboxylic acids is 2. The number of hydrogen-bond acceptors (Lipinski definition) is 8. The Labute approximate surface area is 167 Å². The van der Waals surface area contributed by atoms with E-state index >= 15 is 0 Å². The maximum Gasteiger partial charge on any atom is 0.348 e. The summed E-state index contributed by atoms with van der Waals surface area (Å²) in [6.45, 7) is 3.86. The fraction of sp³-hybridized carbons (Fsp3) is 0.167. The van der Waals surface area contributed by atoms with E-state index in [-0.39, 0.29) is 11.7 Å². The molecule has 0 aliphatic rings. The molecule has 2 heterocycles. The number of anilines is 1. The smallest absolute Gasteiger partial charge is 0.348 e. The summed E-state index contributed by atoms with van der Waals surface area (Å²) in [7, 11) is 0. The van der Waals surface area contributed by atoms with Gasteiger partial charge in [-0.2, -0.15) is 0 Å². The minimum atomic E-state index is -0.493. The van der Waals surface area contributed by atoms with Crippen LogP contribution in [0.3, 0.4) is 0 Å². The van der Waals surface area contributed by atoms with Gasteiger partial charge in [-0.1, -0.05) is 23.5 Å². The molecule has 3 aromatic rings. The number of carbonyl (C=O) groups is 2. The number of ether oxygens (including phenoxy) is 1. The standard InChI is InChI=1S/C18H15N3O5S2/c1-3-26-17(23)15-10(2)14-16(27-15)20-18(28-14)19-13(22)8-7-11-5-4-6-12(9-11)21(24)25/h4-9H,3H2,1-2H3,(H,19,20,22). The minimum Gasteiger partial charge on any atom is -0.462 e. The molecule has 1 amide bonds. The highest BCUT2D eigenvalue weighted by Crippen LogP contribution is 2.37. The van der Waals surface area contributed by atoms with Crippen LogP contribution in [0.2, 0.25) is 0 Å². The van der Waals surface area contributed by atoms with E-state index < -0.39 is 10.8 Å². The second-order valence-corrected chi connectivity index (χ2v) is 7.60. The maximum atomic E-state index is 12.1. The van der Waals surface area contributed by atoms with Gasteiger partial charge in [0.05, 0.1) is 16.2 Å². The third-order valence-electron chi connectivity index (χ3n) is 3.68. The molecule has 0 atom stereocenters.